The minimum Gasteiger partial charge on any atom is -0.486 e. The van der Waals surface area contributed by atoms with Crippen LogP contribution < -0.4 is 4.74 Å². The van der Waals surface area contributed by atoms with Gasteiger partial charge in [-0.05, 0) is 79.7 Å². The lowest BCUT2D eigenvalue weighted by Crippen LogP contribution is -2.30. The second kappa shape index (κ2) is 9.98. The van der Waals surface area contributed by atoms with Gasteiger partial charge in [0.15, 0.2) is 11.6 Å². The van der Waals surface area contributed by atoms with E-state index in [9.17, 15) is 4.39 Å². The largest absolute Gasteiger partial charge is 0.486 e. The van der Waals surface area contributed by atoms with Gasteiger partial charge in [-0.2, -0.15) is 0 Å². The van der Waals surface area contributed by atoms with Crippen LogP contribution in [0.4, 0.5) is 4.39 Å². The van der Waals surface area contributed by atoms with Gasteiger partial charge in [0.05, 0.1) is 0 Å². The smallest absolute Gasteiger partial charge is 0.172 e. The Morgan fingerprint density at radius 2 is 1.87 bits per heavy atom. The van der Waals surface area contributed by atoms with E-state index in [0.717, 1.165) is 23.1 Å². The SMILES string of the molecule is CC=CCOc1ccc2cc(C3CCC4CC(CCCC)CCC4C3)ccc2c1F. The molecule has 0 spiro atoms. The molecule has 0 amide bonds. The highest BCUT2D eigenvalue weighted by atomic mass is 19.1. The Morgan fingerprint density at radius 3 is 2.70 bits per heavy atom. The van der Waals surface area contributed by atoms with Gasteiger partial charge >= 0.3 is 0 Å². The average molecular weight is 409 g/mol. The first-order valence-electron chi connectivity index (χ1n) is 12.2. The molecule has 0 heterocycles. The lowest BCUT2D eigenvalue weighted by atomic mass is 9.63. The Balaban J connectivity index is 1.43. The van der Waals surface area contributed by atoms with Crippen LogP contribution in [0.3, 0.4) is 0 Å². The van der Waals surface area contributed by atoms with Crippen molar-refractivity contribution in [2.45, 2.75) is 77.6 Å². The fourth-order valence-electron chi connectivity index (χ4n) is 5.93. The van der Waals surface area contributed by atoms with E-state index in [0.29, 0.717) is 23.7 Å². The zero-order valence-corrected chi connectivity index (χ0v) is 18.7. The van der Waals surface area contributed by atoms with Crippen LogP contribution in [0, 0.1) is 23.6 Å². The Hall–Kier alpha value is -1.83. The first kappa shape index (κ1) is 21.4. The van der Waals surface area contributed by atoms with Crippen molar-refractivity contribution in [1.82, 2.24) is 0 Å². The van der Waals surface area contributed by atoms with E-state index in [4.69, 9.17) is 4.74 Å². The summed E-state index contributed by atoms with van der Waals surface area (Å²) < 4.78 is 20.4. The van der Waals surface area contributed by atoms with Crippen LogP contribution in [0.2, 0.25) is 0 Å². The summed E-state index contributed by atoms with van der Waals surface area (Å²) in [6, 6.07) is 10.2. The topological polar surface area (TPSA) is 9.23 Å². The molecule has 4 atom stereocenters. The predicted octanol–water partition coefficient (Wildman–Crippen LogP) is 8.42. The van der Waals surface area contributed by atoms with Crippen molar-refractivity contribution < 1.29 is 9.13 Å². The molecule has 2 heteroatoms. The van der Waals surface area contributed by atoms with Crippen LogP contribution in [0.5, 0.6) is 5.75 Å². The van der Waals surface area contributed by atoms with E-state index in [1.165, 1.54) is 63.4 Å². The molecule has 0 aromatic heterocycles. The van der Waals surface area contributed by atoms with Crippen LogP contribution in [0.1, 0.15) is 83.1 Å². The Labute approximate surface area is 181 Å². The van der Waals surface area contributed by atoms with Gasteiger partial charge in [0.2, 0.25) is 0 Å². The molecule has 0 N–H and O–H groups in total. The molecule has 2 aromatic rings. The highest BCUT2D eigenvalue weighted by molar-refractivity contribution is 5.85. The van der Waals surface area contributed by atoms with Crippen molar-refractivity contribution in [3.8, 4) is 5.75 Å². The summed E-state index contributed by atoms with van der Waals surface area (Å²) in [7, 11) is 0. The second-order valence-corrected chi connectivity index (χ2v) is 9.59. The molecule has 0 aliphatic heterocycles. The molecular weight excluding hydrogens is 371 g/mol. The number of hydrogen-bond acceptors (Lipinski definition) is 1. The quantitative estimate of drug-likeness (QED) is 0.418. The zero-order valence-electron chi connectivity index (χ0n) is 18.7. The summed E-state index contributed by atoms with van der Waals surface area (Å²) in [6.07, 6.45) is 16.3. The minimum atomic E-state index is -0.238. The number of rotatable bonds is 7. The summed E-state index contributed by atoms with van der Waals surface area (Å²) in [5.41, 5.74) is 1.40. The third kappa shape index (κ3) is 4.74. The number of halogens is 1. The fourth-order valence-corrected chi connectivity index (χ4v) is 5.93. The molecular formula is C28H37FO. The van der Waals surface area contributed by atoms with Crippen LogP contribution in [0.25, 0.3) is 10.8 Å². The van der Waals surface area contributed by atoms with Gasteiger partial charge in [0.25, 0.3) is 0 Å². The molecule has 0 radical (unpaired) electrons. The van der Waals surface area contributed by atoms with E-state index < -0.39 is 0 Å². The van der Waals surface area contributed by atoms with Crippen molar-refractivity contribution in [2.75, 3.05) is 6.61 Å². The molecule has 4 rings (SSSR count). The number of hydrogen-bond donors (Lipinski definition) is 0. The maximum absolute atomic E-state index is 14.9. The molecule has 4 unspecified atom stereocenters. The molecule has 2 aliphatic rings. The third-order valence-electron chi connectivity index (χ3n) is 7.67. The fraction of sp³-hybridized carbons (Fsp3) is 0.571. The van der Waals surface area contributed by atoms with E-state index in [1.54, 1.807) is 6.07 Å². The molecule has 0 bridgehead atoms. The summed E-state index contributed by atoms with van der Waals surface area (Å²) in [5.74, 6) is 3.57. The average Bonchev–Trinajstić information content (AvgIpc) is 2.78. The van der Waals surface area contributed by atoms with E-state index in [1.807, 2.05) is 31.2 Å². The lowest BCUT2D eigenvalue weighted by Gasteiger charge is -2.42. The molecule has 2 saturated carbocycles. The molecule has 2 fully saturated rings. The Morgan fingerprint density at radius 1 is 1.03 bits per heavy atom. The molecule has 0 saturated heterocycles. The second-order valence-electron chi connectivity index (χ2n) is 9.59. The zero-order chi connectivity index (χ0) is 20.9. The van der Waals surface area contributed by atoms with Crippen molar-refractivity contribution in [1.29, 1.82) is 0 Å². The molecule has 30 heavy (non-hydrogen) atoms. The maximum Gasteiger partial charge on any atom is 0.172 e. The predicted molar refractivity (Wildman–Crippen MR) is 125 cm³/mol. The third-order valence-corrected chi connectivity index (χ3v) is 7.67. The van der Waals surface area contributed by atoms with Crippen LogP contribution in [-0.4, -0.2) is 6.61 Å². The van der Waals surface area contributed by atoms with E-state index >= 15 is 0 Å². The number of allylic oxidation sites excluding steroid dienone is 1. The number of benzene rings is 2. The van der Waals surface area contributed by atoms with Crippen LogP contribution in [0.15, 0.2) is 42.5 Å². The van der Waals surface area contributed by atoms with Crippen molar-refractivity contribution in [3.63, 3.8) is 0 Å². The molecule has 1 nitrogen and oxygen atoms in total. The van der Waals surface area contributed by atoms with Gasteiger partial charge in [0, 0.05) is 5.39 Å². The van der Waals surface area contributed by atoms with Crippen LogP contribution in [-0.2, 0) is 0 Å². The highest BCUT2D eigenvalue weighted by Crippen LogP contribution is 2.48. The van der Waals surface area contributed by atoms with Crippen LogP contribution >= 0.6 is 0 Å². The van der Waals surface area contributed by atoms with Crippen molar-refractivity contribution in [3.05, 3.63) is 53.9 Å². The first-order valence-corrected chi connectivity index (χ1v) is 12.2. The van der Waals surface area contributed by atoms with Gasteiger partial charge in [-0.1, -0.05) is 69.0 Å². The van der Waals surface area contributed by atoms with Crippen molar-refractivity contribution >= 4 is 10.8 Å². The Bertz CT molecular complexity index is 870. The Kier molecular flexibility index (Phi) is 7.12. The minimum absolute atomic E-state index is 0.238. The standard InChI is InChI=1S/C28H37FO/c1-3-5-7-20-8-9-22-18-23(11-10-21(22)17-20)24-12-14-26-25(19-24)13-15-27(28(26)29)30-16-6-4-2/h4,6,12-15,19-23H,3,5,7-11,16-18H2,1-2H3. The highest BCUT2D eigenvalue weighted by Gasteiger charge is 2.35. The van der Waals surface area contributed by atoms with Gasteiger partial charge in [0.1, 0.15) is 6.61 Å². The number of ether oxygens (including phenoxy) is 1. The summed E-state index contributed by atoms with van der Waals surface area (Å²) >= 11 is 0. The summed E-state index contributed by atoms with van der Waals surface area (Å²) in [4.78, 5) is 0. The lowest BCUT2D eigenvalue weighted by molar-refractivity contribution is 0.113. The van der Waals surface area contributed by atoms with Gasteiger partial charge in [-0.25, -0.2) is 4.39 Å². The normalized spacial score (nSPS) is 26.8. The number of fused-ring (bicyclic) bond motifs is 2. The van der Waals surface area contributed by atoms with Crippen molar-refractivity contribution in [2.24, 2.45) is 17.8 Å². The van der Waals surface area contributed by atoms with E-state index in [2.05, 4.69) is 19.1 Å². The number of unbranched alkanes of at least 4 members (excludes halogenated alkanes) is 1. The van der Waals surface area contributed by atoms with E-state index in [-0.39, 0.29) is 5.82 Å². The van der Waals surface area contributed by atoms with Gasteiger partial charge in [-0.3, -0.25) is 0 Å². The molecule has 2 aliphatic carbocycles. The first-order chi connectivity index (χ1) is 14.7. The summed E-state index contributed by atoms with van der Waals surface area (Å²) in [6.45, 7) is 4.65. The summed E-state index contributed by atoms with van der Waals surface area (Å²) in [5, 5.41) is 1.66. The molecule has 2 aromatic carbocycles. The maximum atomic E-state index is 14.9. The monoisotopic (exact) mass is 408 g/mol. The molecule has 162 valence electrons. The van der Waals surface area contributed by atoms with Gasteiger partial charge in [-0.15, -0.1) is 0 Å². The van der Waals surface area contributed by atoms with Gasteiger partial charge < -0.3 is 4.74 Å².